The van der Waals surface area contributed by atoms with Crippen LogP contribution >= 0.6 is 0 Å². The van der Waals surface area contributed by atoms with Gasteiger partial charge < -0.3 is 19.9 Å². The van der Waals surface area contributed by atoms with Crippen LogP contribution in [0, 0.1) is 11.3 Å². The van der Waals surface area contributed by atoms with E-state index in [9.17, 15) is 9.59 Å². The lowest BCUT2D eigenvalue weighted by molar-refractivity contribution is -0.135. The van der Waals surface area contributed by atoms with Gasteiger partial charge in [-0.1, -0.05) is 6.07 Å². The van der Waals surface area contributed by atoms with Crippen molar-refractivity contribution >= 4 is 17.6 Å². The van der Waals surface area contributed by atoms with Crippen LogP contribution in [-0.2, 0) is 9.53 Å². The third-order valence-corrected chi connectivity index (χ3v) is 3.81. The number of methoxy groups -OCH3 is 1. The Morgan fingerprint density at radius 1 is 1.29 bits per heavy atom. The summed E-state index contributed by atoms with van der Waals surface area (Å²) in [6.07, 6.45) is 1.27. The van der Waals surface area contributed by atoms with Crippen molar-refractivity contribution in [3.05, 3.63) is 41.6 Å². The molecule has 0 spiro atoms. The molecule has 7 nitrogen and oxygen atoms in total. The molecular formula is C17H20N4O3. The van der Waals surface area contributed by atoms with Crippen LogP contribution in [0.1, 0.15) is 10.4 Å². The summed E-state index contributed by atoms with van der Waals surface area (Å²) in [6.45, 7) is 3.12. The molecule has 1 aliphatic rings. The van der Waals surface area contributed by atoms with Gasteiger partial charge in [0, 0.05) is 43.6 Å². The second kappa shape index (κ2) is 8.13. The number of esters is 1. The quantitative estimate of drug-likeness (QED) is 0.505. The maximum atomic E-state index is 12.5. The number of likely N-dealkylation sites (N-methyl/N-ethyl adjacent to an activating group) is 1. The molecule has 1 aromatic carbocycles. The number of hydrogen-bond donors (Lipinski definition) is 1. The van der Waals surface area contributed by atoms with Crippen molar-refractivity contribution < 1.29 is 14.3 Å². The third-order valence-electron chi connectivity index (χ3n) is 3.81. The largest absolute Gasteiger partial charge is 0.465 e. The van der Waals surface area contributed by atoms with Crippen LogP contribution in [0.3, 0.4) is 0 Å². The van der Waals surface area contributed by atoms with Crippen LogP contribution in [-0.4, -0.2) is 62.0 Å². The van der Waals surface area contributed by atoms with Crippen LogP contribution < -0.4 is 5.32 Å². The van der Waals surface area contributed by atoms with Crippen molar-refractivity contribution in [3.63, 3.8) is 0 Å². The smallest absolute Gasteiger partial charge is 0.350 e. The van der Waals surface area contributed by atoms with E-state index in [0.717, 1.165) is 13.1 Å². The molecule has 0 unspecified atom stereocenters. The van der Waals surface area contributed by atoms with Gasteiger partial charge in [0.15, 0.2) is 5.57 Å². The van der Waals surface area contributed by atoms with Crippen molar-refractivity contribution in [1.82, 2.24) is 9.80 Å². The fraction of sp³-hybridized carbons (Fsp3) is 0.353. The molecule has 0 bridgehead atoms. The van der Waals surface area contributed by atoms with Gasteiger partial charge >= 0.3 is 5.97 Å². The zero-order chi connectivity index (χ0) is 17.5. The molecule has 0 aromatic heterocycles. The van der Waals surface area contributed by atoms with E-state index in [4.69, 9.17) is 5.26 Å². The molecule has 2 rings (SSSR count). The Morgan fingerprint density at radius 3 is 2.62 bits per heavy atom. The number of rotatable bonds is 4. The molecule has 1 heterocycles. The molecule has 0 radical (unpaired) electrons. The van der Waals surface area contributed by atoms with Crippen molar-refractivity contribution in [2.45, 2.75) is 0 Å². The first-order valence-electron chi connectivity index (χ1n) is 7.58. The highest BCUT2D eigenvalue weighted by atomic mass is 16.5. The number of carbonyl (C=O) groups is 2. The summed E-state index contributed by atoms with van der Waals surface area (Å²) >= 11 is 0. The number of nitrogens with one attached hydrogen (secondary N) is 1. The Bertz CT molecular complexity index is 685. The highest BCUT2D eigenvalue weighted by molar-refractivity contribution is 5.95. The van der Waals surface area contributed by atoms with Gasteiger partial charge in [0.05, 0.1) is 7.11 Å². The molecule has 126 valence electrons. The lowest BCUT2D eigenvalue weighted by Gasteiger charge is -2.32. The number of carbonyl (C=O) groups excluding carboxylic acids is 2. The number of nitriles is 1. The molecule has 1 aliphatic heterocycles. The van der Waals surface area contributed by atoms with Gasteiger partial charge in [-0.3, -0.25) is 4.79 Å². The van der Waals surface area contributed by atoms with E-state index in [0.29, 0.717) is 24.3 Å². The second-order valence-electron chi connectivity index (χ2n) is 5.48. The number of piperazine rings is 1. The molecule has 1 aromatic rings. The molecule has 7 heteroatoms. The highest BCUT2D eigenvalue weighted by Gasteiger charge is 2.20. The molecule has 1 fully saturated rings. The normalized spacial score (nSPS) is 15.5. The topological polar surface area (TPSA) is 85.7 Å². The summed E-state index contributed by atoms with van der Waals surface area (Å²) in [5.74, 6) is -0.737. The van der Waals surface area contributed by atoms with Crippen molar-refractivity contribution in [2.75, 3.05) is 45.7 Å². The van der Waals surface area contributed by atoms with E-state index in [1.54, 1.807) is 30.3 Å². The molecule has 0 atom stereocenters. The van der Waals surface area contributed by atoms with E-state index in [-0.39, 0.29) is 11.5 Å². The Balaban J connectivity index is 2.09. The summed E-state index contributed by atoms with van der Waals surface area (Å²) in [7, 11) is 3.25. The molecule has 1 amide bonds. The number of amides is 1. The maximum Gasteiger partial charge on any atom is 0.350 e. The monoisotopic (exact) mass is 328 g/mol. The van der Waals surface area contributed by atoms with Crippen LogP contribution in [0.25, 0.3) is 0 Å². The van der Waals surface area contributed by atoms with Gasteiger partial charge in [0.25, 0.3) is 5.91 Å². The average Bonchev–Trinajstić information content (AvgIpc) is 2.62. The zero-order valence-electron chi connectivity index (χ0n) is 13.8. The minimum atomic E-state index is -0.713. The number of anilines is 1. The summed E-state index contributed by atoms with van der Waals surface area (Å²) in [5.41, 5.74) is 1.04. The molecule has 24 heavy (non-hydrogen) atoms. The minimum absolute atomic E-state index is 0.0239. The maximum absolute atomic E-state index is 12.5. The van der Waals surface area contributed by atoms with Gasteiger partial charge in [0.1, 0.15) is 6.07 Å². The van der Waals surface area contributed by atoms with Gasteiger partial charge in [-0.25, -0.2) is 4.79 Å². The summed E-state index contributed by atoms with van der Waals surface area (Å²) in [6, 6.07) is 8.72. The van der Waals surface area contributed by atoms with Crippen LogP contribution in [0.15, 0.2) is 36.0 Å². The van der Waals surface area contributed by atoms with E-state index < -0.39 is 5.97 Å². The number of ether oxygens (including phenoxy) is 1. The Kier molecular flexibility index (Phi) is 5.93. The van der Waals surface area contributed by atoms with Crippen LogP contribution in [0.4, 0.5) is 5.69 Å². The lowest BCUT2D eigenvalue weighted by Crippen LogP contribution is -2.47. The van der Waals surface area contributed by atoms with Gasteiger partial charge in [-0.15, -0.1) is 0 Å². The van der Waals surface area contributed by atoms with E-state index in [2.05, 4.69) is 15.0 Å². The minimum Gasteiger partial charge on any atom is -0.465 e. The molecule has 1 N–H and O–H groups in total. The number of hydrogen-bond acceptors (Lipinski definition) is 6. The molecular weight excluding hydrogens is 308 g/mol. The Labute approximate surface area is 141 Å². The van der Waals surface area contributed by atoms with E-state index in [1.807, 2.05) is 11.9 Å². The summed E-state index contributed by atoms with van der Waals surface area (Å²) < 4.78 is 4.51. The Morgan fingerprint density at radius 2 is 2.00 bits per heavy atom. The summed E-state index contributed by atoms with van der Waals surface area (Å²) in [4.78, 5) is 27.9. The lowest BCUT2D eigenvalue weighted by atomic mass is 10.1. The first-order valence-corrected chi connectivity index (χ1v) is 7.58. The van der Waals surface area contributed by atoms with Crippen LogP contribution in [0.5, 0.6) is 0 Å². The summed E-state index contributed by atoms with van der Waals surface area (Å²) in [5, 5.41) is 11.8. The second-order valence-corrected chi connectivity index (χ2v) is 5.48. The van der Waals surface area contributed by atoms with Gasteiger partial charge in [0.2, 0.25) is 0 Å². The average molecular weight is 328 g/mol. The third kappa shape index (κ3) is 4.33. The van der Waals surface area contributed by atoms with Crippen LogP contribution in [0.2, 0.25) is 0 Å². The van der Waals surface area contributed by atoms with Gasteiger partial charge in [-0.05, 0) is 25.2 Å². The molecule has 0 saturated carbocycles. The predicted octanol–water partition coefficient (Wildman–Crippen LogP) is 1.07. The number of nitrogens with zero attached hydrogens (tertiary/aromatic N) is 3. The zero-order valence-corrected chi connectivity index (χ0v) is 13.8. The standard InChI is InChI=1S/C17H20N4O3/c1-20-6-8-21(9-7-20)16(22)13-4-3-5-15(10-13)19-12-14(11-18)17(23)24-2/h3-5,10,12,19H,6-9H2,1-2H3/b14-12-. The highest BCUT2D eigenvalue weighted by Crippen LogP contribution is 2.14. The number of benzene rings is 1. The Hall–Kier alpha value is -2.85. The van der Waals surface area contributed by atoms with E-state index in [1.165, 1.54) is 13.3 Å². The predicted molar refractivity (Wildman–Crippen MR) is 89.2 cm³/mol. The van der Waals surface area contributed by atoms with E-state index >= 15 is 0 Å². The SMILES string of the molecule is COC(=O)/C(C#N)=C\Nc1cccc(C(=O)N2CCN(C)CC2)c1. The van der Waals surface area contributed by atoms with Gasteiger partial charge in [-0.2, -0.15) is 5.26 Å². The van der Waals surface area contributed by atoms with Crippen molar-refractivity contribution in [3.8, 4) is 6.07 Å². The fourth-order valence-corrected chi connectivity index (χ4v) is 2.34. The fourth-order valence-electron chi connectivity index (χ4n) is 2.34. The molecule has 1 saturated heterocycles. The van der Waals surface area contributed by atoms with Crippen molar-refractivity contribution in [1.29, 1.82) is 5.26 Å². The first kappa shape index (κ1) is 17.5. The molecule has 0 aliphatic carbocycles. The van der Waals surface area contributed by atoms with Crippen molar-refractivity contribution in [2.24, 2.45) is 0 Å². The first-order chi connectivity index (χ1) is 11.5.